The molecule has 0 aliphatic rings. The van der Waals surface area contributed by atoms with Gasteiger partial charge in [0.05, 0.1) is 16.8 Å². The van der Waals surface area contributed by atoms with Gasteiger partial charge in [-0.25, -0.2) is 0 Å². The van der Waals surface area contributed by atoms with Gasteiger partial charge in [-0.3, -0.25) is 9.59 Å². The van der Waals surface area contributed by atoms with Crippen LogP contribution in [0, 0.1) is 6.92 Å². The Kier molecular flexibility index (Phi) is 4.94. The molecule has 4 aromatic rings. The topological polar surface area (TPSA) is 76.6 Å². The van der Waals surface area contributed by atoms with Crippen molar-refractivity contribution >= 4 is 44.5 Å². The number of carbonyl (C=O) groups excluding carboxylic acids is 2. The van der Waals surface area contributed by atoms with Crippen LogP contribution in [-0.2, 0) is 0 Å². The number of nitrogens with zero attached hydrogens (tertiary/aromatic N) is 1. The highest BCUT2D eigenvalue weighted by Gasteiger charge is 2.26. The fourth-order valence-corrected chi connectivity index (χ4v) is 3.62. The third-order valence-electron chi connectivity index (χ3n) is 4.71. The number of hydrogen-bond donors (Lipinski definition) is 2. The molecule has 0 bridgehead atoms. The number of pyridine rings is 1. The number of anilines is 2. The number of rotatable bonds is 4. The fraction of sp³-hybridized carbons (Fsp3) is 0.0435. The second kappa shape index (κ2) is 7.56. The van der Waals surface area contributed by atoms with E-state index in [1.54, 1.807) is 47.0 Å². The molecule has 29 heavy (non-hydrogen) atoms. The van der Waals surface area contributed by atoms with Crippen LogP contribution in [0.3, 0.4) is 0 Å². The van der Waals surface area contributed by atoms with Crippen molar-refractivity contribution in [3.8, 4) is 0 Å². The first-order valence-corrected chi connectivity index (χ1v) is 9.82. The summed E-state index contributed by atoms with van der Waals surface area (Å²) in [6, 6.07) is 19.9. The summed E-state index contributed by atoms with van der Waals surface area (Å²) in [4.78, 5) is 26.2. The maximum Gasteiger partial charge on any atom is 0.259 e. The van der Waals surface area contributed by atoms with Crippen LogP contribution in [0.1, 0.15) is 32.0 Å². The number of hydrogen-bond acceptors (Lipinski definition) is 3. The van der Waals surface area contributed by atoms with Crippen molar-refractivity contribution in [2.45, 2.75) is 6.92 Å². The largest absolute Gasteiger partial charge is 0.396 e. The summed E-state index contributed by atoms with van der Waals surface area (Å²) in [5, 5.41) is 2.88. The molecule has 0 spiro atoms. The molecule has 0 aliphatic heterocycles. The van der Waals surface area contributed by atoms with Gasteiger partial charge in [0.2, 0.25) is 5.78 Å². The van der Waals surface area contributed by atoms with Crippen molar-refractivity contribution in [1.82, 2.24) is 4.40 Å². The predicted octanol–water partition coefficient (Wildman–Crippen LogP) is 5.08. The molecule has 0 atom stereocenters. The molecule has 2 aromatic carbocycles. The Morgan fingerprint density at radius 1 is 1.00 bits per heavy atom. The van der Waals surface area contributed by atoms with Crippen molar-refractivity contribution in [2.24, 2.45) is 0 Å². The first-order valence-electron chi connectivity index (χ1n) is 9.02. The van der Waals surface area contributed by atoms with Gasteiger partial charge >= 0.3 is 0 Å². The van der Waals surface area contributed by atoms with Gasteiger partial charge in [0.1, 0.15) is 5.69 Å². The van der Waals surface area contributed by atoms with E-state index in [2.05, 4.69) is 21.2 Å². The number of nitrogens with one attached hydrogen (secondary N) is 1. The van der Waals surface area contributed by atoms with Crippen molar-refractivity contribution in [3.05, 3.63) is 99.8 Å². The summed E-state index contributed by atoms with van der Waals surface area (Å²) in [6.07, 6.45) is 1.74. The van der Waals surface area contributed by atoms with Crippen LogP contribution in [0.4, 0.5) is 11.4 Å². The average molecular weight is 448 g/mol. The Balaban J connectivity index is 1.81. The summed E-state index contributed by atoms with van der Waals surface area (Å²) in [7, 11) is 0. The number of halogens is 1. The van der Waals surface area contributed by atoms with Gasteiger partial charge in [0.25, 0.3) is 5.91 Å². The second-order valence-electron chi connectivity index (χ2n) is 6.75. The van der Waals surface area contributed by atoms with Crippen LogP contribution < -0.4 is 11.1 Å². The number of aromatic nitrogens is 1. The lowest BCUT2D eigenvalue weighted by atomic mass is 10.1. The van der Waals surface area contributed by atoms with Crippen molar-refractivity contribution < 1.29 is 9.59 Å². The Hall–Kier alpha value is -3.38. The summed E-state index contributed by atoms with van der Waals surface area (Å²) in [5.41, 5.74) is 9.85. The second-order valence-corrected chi connectivity index (χ2v) is 7.67. The zero-order chi connectivity index (χ0) is 20.5. The molecule has 0 unspecified atom stereocenters. The molecule has 3 N–H and O–H groups in total. The van der Waals surface area contributed by atoms with E-state index in [-0.39, 0.29) is 28.6 Å². The molecule has 6 heteroatoms. The van der Waals surface area contributed by atoms with Crippen LogP contribution in [0.5, 0.6) is 0 Å². The minimum Gasteiger partial charge on any atom is -0.396 e. The molecular weight excluding hydrogens is 430 g/mol. The standard InChI is InChI=1S/C23H18BrN3O2/c1-14-5-4-6-17(13-14)26-23(29)19-18-7-2-3-12-27(18)21(20(19)25)22(28)15-8-10-16(24)11-9-15/h2-13H,25H2,1H3,(H,26,29). The number of fused-ring (bicyclic) bond motifs is 1. The SMILES string of the molecule is Cc1cccc(NC(=O)c2c(N)c(C(=O)c3ccc(Br)cc3)n3ccccc23)c1. The van der Waals surface area contributed by atoms with E-state index in [9.17, 15) is 9.59 Å². The van der Waals surface area contributed by atoms with E-state index in [1.165, 1.54) is 0 Å². The van der Waals surface area contributed by atoms with Gasteiger partial charge < -0.3 is 15.5 Å². The lowest BCUT2D eigenvalue weighted by molar-refractivity contribution is 0.102. The van der Waals surface area contributed by atoms with Gasteiger partial charge in [0.15, 0.2) is 0 Å². The van der Waals surface area contributed by atoms with E-state index in [1.807, 2.05) is 37.3 Å². The third kappa shape index (κ3) is 3.54. The van der Waals surface area contributed by atoms with Crippen LogP contribution >= 0.6 is 15.9 Å². The zero-order valence-electron chi connectivity index (χ0n) is 15.6. The van der Waals surface area contributed by atoms with Crippen LogP contribution in [0.15, 0.2) is 77.4 Å². The molecule has 2 heterocycles. The summed E-state index contributed by atoms with van der Waals surface area (Å²) >= 11 is 3.37. The minimum absolute atomic E-state index is 0.161. The van der Waals surface area contributed by atoms with E-state index >= 15 is 0 Å². The van der Waals surface area contributed by atoms with E-state index in [0.717, 1.165) is 10.0 Å². The molecule has 2 aromatic heterocycles. The number of amides is 1. The van der Waals surface area contributed by atoms with Gasteiger partial charge in [-0.2, -0.15) is 0 Å². The fourth-order valence-electron chi connectivity index (χ4n) is 3.35. The van der Waals surface area contributed by atoms with E-state index in [4.69, 9.17) is 5.73 Å². The monoisotopic (exact) mass is 447 g/mol. The summed E-state index contributed by atoms with van der Waals surface area (Å²) in [6.45, 7) is 1.95. The van der Waals surface area contributed by atoms with E-state index < -0.39 is 0 Å². The molecule has 0 saturated heterocycles. The highest BCUT2D eigenvalue weighted by Crippen LogP contribution is 2.29. The number of benzene rings is 2. The van der Waals surface area contributed by atoms with Gasteiger partial charge in [-0.1, -0.05) is 34.1 Å². The number of ketones is 1. The predicted molar refractivity (Wildman–Crippen MR) is 119 cm³/mol. The Labute approximate surface area is 176 Å². The molecule has 0 radical (unpaired) electrons. The highest BCUT2D eigenvalue weighted by atomic mass is 79.9. The number of aryl methyl sites for hydroxylation is 1. The number of carbonyl (C=O) groups is 2. The van der Waals surface area contributed by atoms with Crippen LogP contribution in [0.2, 0.25) is 0 Å². The molecule has 1 amide bonds. The first-order chi connectivity index (χ1) is 14.0. The quantitative estimate of drug-likeness (QED) is 0.428. The summed E-state index contributed by atoms with van der Waals surface area (Å²) in [5.74, 6) is -0.600. The third-order valence-corrected chi connectivity index (χ3v) is 5.23. The Bertz CT molecular complexity index is 1240. The molecule has 0 saturated carbocycles. The lowest BCUT2D eigenvalue weighted by Crippen LogP contribution is -2.14. The normalized spacial score (nSPS) is 10.8. The molecular formula is C23H18BrN3O2. The van der Waals surface area contributed by atoms with Crippen molar-refractivity contribution in [1.29, 1.82) is 0 Å². The highest BCUT2D eigenvalue weighted by molar-refractivity contribution is 9.10. The van der Waals surface area contributed by atoms with E-state index in [0.29, 0.717) is 16.8 Å². The maximum atomic E-state index is 13.2. The van der Waals surface area contributed by atoms with Crippen molar-refractivity contribution in [3.63, 3.8) is 0 Å². The Morgan fingerprint density at radius 3 is 2.48 bits per heavy atom. The molecule has 0 aliphatic carbocycles. The average Bonchev–Trinajstić information content (AvgIpc) is 3.00. The first kappa shape index (κ1) is 19.0. The Morgan fingerprint density at radius 2 is 1.76 bits per heavy atom. The maximum absolute atomic E-state index is 13.2. The van der Waals surface area contributed by atoms with Crippen molar-refractivity contribution in [2.75, 3.05) is 11.1 Å². The zero-order valence-corrected chi connectivity index (χ0v) is 17.2. The molecule has 4 rings (SSSR count). The molecule has 0 fully saturated rings. The van der Waals surface area contributed by atoms with Crippen LogP contribution in [-0.4, -0.2) is 16.1 Å². The summed E-state index contributed by atoms with van der Waals surface area (Å²) < 4.78 is 2.55. The number of nitrogens with two attached hydrogens (primary N) is 1. The molecule has 5 nitrogen and oxygen atoms in total. The van der Waals surface area contributed by atoms with Gasteiger partial charge in [-0.15, -0.1) is 0 Å². The van der Waals surface area contributed by atoms with Gasteiger partial charge in [-0.05, 0) is 61.0 Å². The van der Waals surface area contributed by atoms with Gasteiger partial charge in [0, 0.05) is 21.9 Å². The minimum atomic E-state index is -0.355. The smallest absolute Gasteiger partial charge is 0.259 e. The molecule has 144 valence electrons. The lowest BCUT2D eigenvalue weighted by Gasteiger charge is -2.06. The van der Waals surface area contributed by atoms with Crippen LogP contribution in [0.25, 0.3) is 5.52 Å². The number of nitrogen functional groups attached to an aromatic ring is 1.